The van der Waals surface area contributed by atoms with E-state index in [0.717, 1.165) is 11.3 Å². The van der Waals surface area contributed by atoms with Crippen molar-refractivity contribution in [2.24, 2.45) is 0 Å². The Balaban J connectivity index is 0.000000617. The van der Waals surface area contributed by atoms with Crippen LogP contribution in [-0.2, 0) is 32.7 Å². The average Bonchev–Trinajstić information content (AvgIpc) is 2.34. The molecule has 0 fully saturated rings. The number of hydrogen-bond acceptors (Lipinski definition) is 2. The van der Waals surface area contributed by atoms with E-state index in [4.69, 9.17) is 5.73 Å². The monoisotopic (exact) mass is 274 g/mol. The van der Waals surface area contributed by atoms with E-state index in [2.05, 4.69) is 16.0 Å². The van der Waals surface area contributed by atoms with Crippen molar-refractivity contribution in [1.82, 2.24) is 9.97 Å². The molecule has 2 heterocycles. The molecule has 3 nitrogen and oxygen atoms in total. The van der Waals surface area contributed by atoms with Crippen LogP contribution in [0, 0.1) is 6.07 Å². The number of pyridine rings is 2. The maximum absolute atomic E-state index is 5.75. The van der Waals surface area contributed by atoms with Gasteiger partial charge in [0.2, 0.25) is 0 Å². The van der Waals surface area contributed by atoms with E-state index in [9.17, 15) is 0 Å². The van der Waals surface area contributed by atoms with Gasteiger partial charge in [-0.3, -0.25) is 4.98 Å². The fraction of sp³-hybridized carbons (Fsp3) is 0.0909. The second-order valence-corrected chi connectivity index (χ2v) is 2.39. The maximum Gasteiger partial charge on any atom is 0.0256 e. The van der Waals surface area contributed by atoms with Crippen LogP contribution in [-0.4, -0.2) is 17.0 Å². The second-order valence-electron chi connectivity index (χ2n) is 2.39. The molecule has 0 atom stereocenters. The minimum Gasteiger partial charge on any atom is -0.680 e. The molecule has 0 saturated carbocycles. The standard InChI is InChI=1S/C10H7N2.CH4N.Y/c1-2-7-12-10(5-1)9-4-3-6-11-8-9;1-2;/h1-2,4-8H;2H,1H3;/q2*-1;. The molecule has 0 saturated heterocycles. The first-order chi connectivity index (χ1) is 6.97. The molecule has 1 radical (unpaired) electrons. The normalized spacial score (nSPS) is 8.13. The van der Waals surface area contributed by atoms with Crippen molar-refractivity contribution in [1.29, 1.82) is 0 Å². The molecule has 2 rings (SSSR count). The SMILES string of the molecule is C[NH-].[Y].[c-]1cncc(-c2ccccn2)c1. The van der Waals surface area contributed by atoms with Gasteiger partial charge in [0.05, 0.1) is 0 Å². The molecular weight excluding hydrogens is 263 g/mol. The number of nitrogens with zero attached hydrogens (tertiary/aromatic N) is 2. The van der Waals surface area contributed by atoms with E-state index in [0.29, 0.717) is 0 Å². The van der Waals surface area contributed by atoms with E-state index in [1.165, 1.54) is 7.05 Å². The molecule has 0 aliphatic heterocycles. The number of aromatic nitrogens is 2. The van der Waals surface area contributed by atoms with Gasteiger partial charge in [-0.15, -0.1) is 5.56 Å². The summed E-state index contributed by atoms with van der Waals surface area (Å²) in [4.78, 5) is 8.15. The smallest absolute Gasteiger partial charge is 0.0256 e. The summed E-state index contributed by atoms with van der Waals surface area (Å²) < 4.78 is 0. The summed E-state index contributed by atoms with van der Waals surface area (Å²) in [5.41, 5.74) is 7.68. The Labute approximate surface area is 115 Å². The Kier molecular flexibility index (Phi) is 8.29. The third-order valence-electron chi connectivity index (χ3n) is 1.56. The first-order valence-corrected chi connectivity index (χ1v) is 4.19. The number of hydrogen-bond donors (Lipinski definition) is 0. The predicted octanol–water partition coefficient (Wildman–Crippen LogP) is 2.61. The van der Waals surface area contributed by atoms with Gasteiger partial charge in [0.15, 0.2) is 0 Å². The molecule has 0 aliphatic rings. The molecule has 4 heteroatoms. The third kappa shape index (κ3) is 4.60. The second kappa shape index (κ2) is 8.65. The van der Waals surface area contributed by atoms with E-state index < -0.39 is 0 Å². The molecule has 15 heavy (non-hydrogen) atoms. The molecule has 0 aromatic carbocycles. The summed E-state index contributed by atoms with van der Waals surface area (Å²) in [5.74, 6) is 0. The van der Waals surface area contributed by atoms with Crippen LogP contribution in [0.2, 0.25) is 0 Å². The Hall–Kier alpha value is -0.636. The van der Waals surface area contributed by atoms with Gasteiger partial charge in [-0.1, -0.05) is 18.3 Å². The fourth-order valence-electron chi connectivity index (χ4n) is 0.999. The van der Waals surface area contributed by atoms with Gasteiger partial charge in [-0.2, -0.15) is 7.05 Å². The maximum atomic E-state index is 5.75. The molecule has 0 unspecified atom stereocenters. The molecule has 1 N–H and O–H groups in total. The Morgan fingerprint density at radius 2 is 2.07 bits per heavy atom. The molecule has 0 amide bonds. The quantitative estimate of drug-likeness (QED) is 0.750. The summed E-state index contributed by atoms with van der Waals surface area (Å²) in [6.45, 7) is 0. The Morgan fingerprint density at radius 1 is 1.27 bits per heavy atom. The topological polar surface area (TPSA) is 49.6 Å². The minimum absolute atomic E-state index is 0. The van der Waals surface area contributed by atoms with Crippen LogP contribution < -0.4 is 0 Å². The Bertz CT molecular complexity index is 313. The van der Waals surface area contributed by atoms with Gasteiger partial charge in [0.1, 0.15) is 0 Å². The van der Waals surface area contributed by atoms with Gasteiger partial charge >= 0.3 is 0 Å². The zero-order valence-electron chi connectivity index (χ0n) is 8.51. The van der Waals surface area contributed by atoms with Crippen molar-refractivity contribution >= 4 is 0 Å². The molecular formula is C11H11N3Y-2. The van der Waals surface area contributed by atoms with Gasteiger partial charge in [0, 0.05) is 38.9 Å². The molecule has 0 bridgehead atoms. The van der Waals surface area contributed by atoms with Gasteiger partial charge < -0.3 is 10.7 Å². The number of nitrogens with one attached hydrogen (secondary N) is 1. The van der Waals surface area contributed by atoms with Crippen LogP contribution in [0.25, 0.3) is 17.0 Å². The van der Waals surface area contributed by atoms with Crippen LogP contribution in [0.5, 0.6) is 0 Å². The molecule has 2 aromatic rings. The molecule has 2 aromatic heterocycles. The van der Waals surface area contributed by atoms with Crippen molar-refractivity contribution in [3.05, 3.63) is 54.7 Å². The minimum atomic E-state index is 0. The molecule has 75 valence electrons. The average molecular weight is 274 g/mol. The van der Waals surface area contributed by atoms with Crippen LogP contribution in [0.3, 0.4) is 0 Å². The summed E-state index contributed by atoms with van der Waals surface area (Å²) in [5, 5.41) is 0. The van der Waals surface area contributed by atoms with E-state index in [1.54, 1.807) is 18.6 Å². The van der Waals surface area contributed by atoms with Crippen LogP contribution >= 0.6 is 0 Å². The van der Waals surface area contributed by atoms with E-state index in [1.807, 2.05) is 24.3 Å². The van der Waals surface area contributed by atoms with Crippen LogP contribution in [0.4, 0.5) is 0 Å². The number of rotatable bonds is 1. The first-order valence-electron chi connectivity index (χ1n) is 4.19. The van der Waals surface area contributed by atoms with Crippen molar-refractivity contribution in [2.45, 2.75) is 0 Å². The third-order valence-corrected chi connectivity index (χ3v) is 1.56. The van der Waals surface area contributed by atoms with Gasteiger partial charge in [-0.05, 0) is 18.0 Å². The van der Waals surface area contributed by atoms with Crippen molar-refractivity contribution in [3.8, 4) is 11.3 Å². The summed E-state index contributed by atoms with van der Waals surface area (Å²) in [7, 11) is 1.25. The van der Waals surface area contributed by atoms with E-state index in [-0.39, 0.29) is 32.7 Å². The zero-order valence-corrected chi connectivity index (χ0v) is 11.4. The summed E-state index contributed by atoms with van der Waals surface area (Å²) in [6.07, 6.45) is 5.17. The summed E-state index contributed by atoms with van der Waals surface area (Å²) >= 11 is 0. The Morgan fingerprint density at radius 3 is 2.60 bits per heavy atom. The fourth-order valence-corrected chi connectivity index (χ4v) is 0.999. The van der Waals surface area contributed by atoms with Crippen molar-refractivity contribution in [3.63, 3.8) is 0 Å². The van der Waals surface area contributed by atoms with Crippen molar-refractivity contribution in [2.75, 3.05) is 7.05 Å². The van der Waals surface area contributed by atoms with E-state index >= 15 is 0 Å². The molecule has 0 aliphatic carbocycles. The molecule has 0 spiro atoms. The predicted molar refractivity (Wildman–Crippen MR) is 56.5 cm³/mol. The van der Waals surface area contributed by atoms with Crippen LogP contribution in [0.1, 0.15) is 0 Å². The van der Waals surface area contributed by atoms with Crippen LogP contribution in [0.15, 0.2) is 42.9 Å². The zero-order chi connectivity index (χ0) is 10.2. The van der Waals surface area contributed by atoms with Crippen molar-refractivity contribution < 1.29 is 32.7 Å². The van der Waals surface area contributed by atoms with Gasteiger partial charge in [0.25, 0.3) is 0 Å². The van der Waals surface area contributed by atoms with Gasteiger partial charge in [-0.25, -0.2) is 12.1 Å². The summed E-state index contributed by atoms with van der Waals surface area (Å²) in [6, 6.07) is 10.6. The first kappa shape index (κ1) is 14.4. The largest absolute Gasteiger partial charge is 0.680 e.